The summed E-state index contributed by atoms with van der Waals surface area (Å²) in [4.78, 5) is 24.5. The maximum Gasteiger partial charge on any atom is 0.315 e. The van der Waals surface area contributed by atoms with Crippen molar-refractivity contribution in [2.45, 2.75) is 19.3 Å². The Kier molecular flexibility index (Phi) is 4.27. The Balaban J connectivity index is 2.01. The van der Waals surface area contributed by atoms with E-state index in [-0.39, 0.29) is 11.8 Å². The van der Waals surface area contributed by atoms with Crippen molar-refractivity contribution in [2.24, 2.45) is 5.92 Å². The predicted molar refractivity (Wildman–Crippen MR) is 73.7 cm³/mol. The van der Waals surface area contributed by atoms with E-state index in [9.17, 15) is 9.59 Å². The van der Waals surface area contributed by atoms with Gasteiger partial charge in [0.2, 0.25) is 5.91 Å². The van der Waals surface area contributed by atoms with Crippen molar-refractivity contribution in [1.29, 1.82) is 0 Å². The molecule has 2 atom stereocenters. The molecule has 20 heavy (non-hydrogen) atoms. The zero-order valence-corrected chi connectivity index (χ0v) is 11.7. The van der Waals surface area contributed by atoms with Gasteiger partial charge in [0.1, 0.15) is 11.7 Å². The lowest BCUT2D eigenvalue weighted by Crippen LogP contribution is -2.36. The van der Waals surface area contributed by atoms with Crippen LogP contribution >= 0.6 is 0 Å². The third-order valence-corrected chi connectivity index (χ3v) is 3.83. The Hall–Kier alpha value is -2.04. The van der Waals surface area contributed by atoms with Crippen LogP contribution in [0.3, 0.4) is 0 Å². The first-order valence-corrected chi connectivity index (χ1v) is 6.68. The highest BCUT2D eigenvalue weighted by Gasteiger charge is 2.32. The molecule has 5 nitrogen and oxygen atoms in total. The first-order valence-electron chi connectivity index (χ1n) is 6.68. The van der Waals surface area contributed by atoms with Crippen molar-refractivity contribution in [3.63, 3.8) is 0 Å². The number of amides is 1. The molecule has 2 rings (SSSR count). The van der Waals surface area contributed by atoms with Gasteiger partial charge < -0.3 is 14.7 Å². The molecule has 1 aliphatic heterocycles. The van der Waals surface area contributed by atoms with Gasteiger partial charge >= 0.3 is 5.97 Å². The van der Waals surface area contributed by atoms with E-state index < -0.39 is 11.9 Å². The van der Waals surface area contributed by atoms with Gasteiger partial charge in [0.15, 0.2) is 0 Å². The van der Waals surface area contributed by atoms with Crippen LogP contribution in [0.4, 0.5) is 0 Å². The Bertz CT molecular complexity index is 497. The third kappa shape index (κ3) is 2.92. The normalized spacial score (nSPS) is 19.7. The second kappa shape index (κ2) is 5.94. The van der Waals surface area contributed by atoms with Crippen LogP contribution in [0, 0.1) is 5.92 Å². The number of methoxy groups -OCH3 is 1. The van der Waals surface area contributed by atoms with Gasteiger partial charge in [0.25, 0.3) is 0 Å². The largest absolute Gasteiger partial charge is 0.497 e. The fourth-order valence-corrected chi connectivity index (χ4v) is 2.49. The summed E-state index contributed by atoms with van der Waals surface area (Å²) >= 11 is 0. The maximum absolute atomic E-state index is 12.0. The molecule has 0 bridgehead atoms. The topological polar surface area (TPSA) is 66.8 Å². The van der Waals surface area contributed by atoms with Gasteiger partial charge in [-0.3, -0.25) is 9.59 Å². The second-order valence-corrected chi connectivity index (χ2v) is 5.10. The Morgan fingerprint density at radius 2 is 2.00 bits per heavy atom. The molecule has 1 amide bonds. The minimum absolute atomic E-state index is 0.269. The smallest absolute Gasteiger partial charge is 0.315 e. The molecule has 1 aromatic rings. The number of carboxylic acid groups (broad SMARTS) is 1. The van der Waals surface area contributed by atoms with Crippen molar-refractivity contribution >= 4 is 11.9 Å². The summed E-state index contributed by atoms with van der Waals surface area (Å²) in [6.45, 7) is 2.64. The molecule has 1 aliphatic rings. The summed E-state index contributed by atoms with van der Waals surface area (Å²) < 4.78 is 5.12. The van der Waals surface area contributed by atoms with Crippen LogP contribution < -0.4 is 4.74 Å². The van der Waals surface area contributed by atoms with Crippen LogP contribution in [0.25, 0.3) is 0 Å². The number of aliphatic carboxylic acids is 1. The summed E-state index contributed by atoms with van der Waals surface area (Å²) in [5.41, 5.74) is 1.16. The molecule has 108 valence electrons. The molecular formula is C15H19NO4. The van der Waals surface area contributed by atoms with Gasteiger partial charge in [0.05, 0.1) is 7.11 Å². The number of carbonyl (C=O) groups excluding carboxylic acids is 1. The molecule has 0 spiro atoms. The molecule has 0 saturated carbocycles. The lowest BCUT2D eigenvalue weighted by Gasteiger charge is -2.19. The van der Waals surface area contributed by atoms with Crippen LogP contribution in [-0.4, -0.2) is 42.1 Å². The number of rotatable bonds is 4. The second-order valence-electron chi connectivity index (χ2n) is 5.10. The molecule has 0 aliphatic carbocycles. The SMILES string of the molecule is COc1ccc([C@H]2CCN(C(=O)[C@H](C)C(=O)O)C2)cc1. The summed E-state index contributed by atoms with van der Waals surface area (Å²) in [6, 6.07) is 7.80. The average molecular weight is 277 g/mol. The van der Waals surface area contributed by atoms with Crippen LogP contribution in [-0.2, 0) is 9.59 Å². The van der Waals surface area contributed by atoms with Gasteiger partial charge in [-0.2, -0.15) is 0 Å². The number of nitrogens with zero attached hydrogens (tertiary/aromatic N) is 1. The Labute approximate surface area is 118 Å². The van der Waals surface area contributed by atoms with E-state index >= 15 is 0 Å². The number of hydrogen-bond acceptors (Lipinski definition) is 3. The molecule has 0 aromatic heterocycles. The highest BCUT2D eigenvalue weighted by Crippen LogP contribution is 2.29. The van der Waals surface area contributed by atoms with Crippen LogP contribution in [0.15, 0.2) is 24.3 Å². The number of carboxylic acids is 1. The Morgan fingerprint density at radius 1 is 1.35 bits per heavy atom. The first-order chi connectivity index (χ1) is 9.52. The maximum atomic E-state index is 12.0. The zero-order chi connectivity index (χ0) is 14.7. The molecule has 1 heterocycles. The lowest BCUT2D eigenvalue weighted by atomic mass is 9.98. The van der Waals surface area contributed by atoms with Crippen LogP contribution in [0.1, 0.15) is 24.8 Å². The number of benzene rings is 1. The van der Waals surface area contributed by atoms with Gasteiger partial charge in [0, 0.05) is 19.0 Å². The predicted octanol–water partition coefficient (Wildman–Crippen LogP) is 1.73. The van der Waals surface area contributed by atoms with Crippen molar-refractivity contribution in [3.05, 3.63) is 29.8 Å². The van der Waals surface area contributed by atoms with E-state index in [1.54, 1.807) is 12.0 Å². The molecule has 1 aromatic carbocycles. The van der Waals surface area contributed by atoms with Gasteiger partial charge in [-0.05, 0) is 31.0 Å². The third-order valence-electron chi connectivity index (χ3n) is 3.83. The number of likely N-dealkylation sites (tertiary alicyclic amines) is 1. The quantitative estimate of drug-likeness (QED) is 0.851. The van der Waals surface area contributed by atoms with Crippen molar-refractivity contribution in [1.82, 2.24) is 4.90 Å². The highest BCUT2D eigenvalue weighted by molar-refractivity contribution is 5.96. The summed E-state index contributed by atoms with van der Waals surface area (Å²) in [5.74, 6) is -1.26. The molecule has 0 radical (unpaired) electrons. The number of ether oxygens (including phenoxy) is 1. The van der Waals surface area contributed by atoms with Gasteiger partial charge in [-0.1, -0.05) is 12.1 Å². The fraction of sp³-hybridized carbons (Fsp3) is 0.467. The van der Waals surface area contributed by atoms with E-state index in [1.807, 2.05) is 24.3 Å². The van der Waals surface area contributed by atoms with E-state index in [0.717, 1.165) is 17.7 Å². The fourth-order valence-electron chi connectivity index (χ4n) is 2.49. The molecule has 0 unspecified atom stereocenters. The molecule has 1 fully saturated rings. The minimum Gasteiger partial charge on any atom is -0.497 e. The average Bonchev–Trinajstić information content (AvgIpc) is 2.95. The van der Waals surface area contributed by atoms with Gasteiger partial charge in [-0.15, -0.1) is 0 Å². The van der Waals surface area contributed by atoms with E-state index in [1.165, 1.54) is 6.92 Å². The molecule has 1 N–H and O–H groups in total. The van der Waals surface area contributed by atoms with Crippen molar-refractivity contribution in [2.75, 3.05) is 20.2 Å². The summed E-state index contributed by atoms with van der Waals surface area (Å²) in [6.07, 6.45) is 0.865. The standard InChI is InChI=1S/C15H19NO4/c1-10(15(18)19)14(17)16-8-7-12(9-16)11-3-5-13(20-2)6-4-11/h3-6,10,12H,7-9H2,1-2H3,(H,18,19)/t10-,12-/m0/s1. The van der Waals surface area contributed by atoms with Crippen molar-refractivity contribution < 1.29 is 19.4 Å². The highest BCUT2D eigenvalue weighted by atomic mass is 16.5. The van der Waals surface area contributed by atoms with E-state index in [4.69, 9.17) is 9.84 Å². The monoisotopic (exact) mass is 277 g/mol. The van der Waals surface area contributed by atoms with Gasteiger partial charge in [-0.25, -0.2) is 0 Å². The summed E-state index contributed by atoms with van der Waals surface area (Å²) in [7, 11) is 1.62. The van der Waals surface area contributed by atoms with Crippen molar-refractivity contribution in [3.8, 4) is 5.75 Å². The number of hydrogen-bond donors (Lipinski definition) is 1. The first kappa shape index (κ1) is 14.4. The van der Waals surface area contributed by atoms with E-state index in [2.05, 4.69) is 0 Å². The number of carbonyl (C=O) groups is 2. The van der Waals surface area contributed by atoms with Crippen LogP contribution in [0.5, 0.6) is 5.75 Å². The Morgan fingerprint density at radius 3 is 2.55 bits per heavy atom. The molecule has 1 saturated heterocycles. The van der Waals surface area contributed by atoms with Crippen LogP contribution in [0.2, 0.25) is 0 Å². The minimum atomic E-state index is -1.07. The van der Waals surface area contributed by atoms with E-state index in [0.29, 0.717) is 13.1 Å². The zero-order valence-electron chi connectivity index (χ0n) is 11.7. The lowest BCUT2D eigenvalue weighted by molar-refractivity contribution is -0.149. The summed E-state index contributed by atoms with van der Waals surface area (Å²) in [5, 5.41) is 8.89. The molecular weight excluding hydrogens is 258 g/mol. The molecule has 5 heteroatoms.